The summed E-state index contributed by atoms with van der Waals surface area (Å²) in [7, 11) is 0. The average Bonchev–Trinajstić information content (AvgIpc) is 3.02. The van der Waals surface area contributed by atoms with E-state index >= 15 is 0 Å². The highest BCUT2D eigenvalue weighted by Crippen LogP contribution is 2.34. The normalized spacial score (nSPS) is 13.2. The lowest BCUT2D eigenvalue weighted by Gasteiger charge is -2.13. The number of benzene rings is 1. The number of nitrogens with one attached hydrogen (secondary N) is 1. The number of hydrogen-bond acceptors (Lipinski definition) is 6. The number of aromatic nitrogens is 1. The Hall–Kier alpha value is -2.61. The molecule has 24 heavy (non-hydrogen) atoms. The molecule has 2 heterocycles. The summed E-state index contributed by atoms with van der Waals surface area (Å²) in [6.07, 6.45) is 1.95. The molecule has 1 aliphatic heterocycles. The van der Waals surface area contributed by atoms with E-state index in [-0.39, 0.29) is 12.4 Å². The summed E-state index contributed by atoms with van der Waals surface area (Å²) < 4.78 is 16.2. The minimum absolute atomic E-state index is 0.154. The van der Waals surface area contributed by atoms with E-state index in [0.29, 0.717) is 21.7 Å². The highest BCUT2D eigenvalue weighted by Gasteiger charge is 2.20. The van der Waals surface area contributed by atoms with Crippen molar-refractivity contribution in [3.63, 3.8) is 0 Å². The van der Waals surface area contributed by atoms with Gasteiger partial charge in [0.05, 0.1) is 5.56 Å². The van der Waals surface area contributed by atoms with E-state index in [0.717, 1.165) is 0 Å². The van der Waals surface area contributed by atoms with Crippen molar-refractivity contribution in [3.8, 4) is 11.5 Å². The molecule has 0 aliphatic carbocycles. The first-order chi connectivity index (χ1) is 11.5. The molecule has 0 unspecified atom stereocenters. The Bertz CT molecular complexity index is 796. The van der Waals surface area contributed by atoms with Crippen molar-refractivity contribution < 1.29 is 23.8 Å². The molecular formula is C16H13BrN2O5. The standard InChI is InChI=1S/C16H13BrN2O5/c1-9(24-16(21)10-4-11(17)7-18-6-10)15(20)19-12-2-3-13-14(5-12)23-8-22-13/h2-7,9H,8H2,1H3,(H,19,20)/t9-/m1/s1. The highest BCUT2D eigenvalue weighted by molar-refractivity contribution is 9.10. The first kappa shape index (κ1) is 16.3. The monoisotopic (exact) mass is 392 g/mol. The third-order valence-electron chi connectivity index (χ3n) is 3.23. The number of pyridine rings is 1. The topological polar surface area (TPSA) is 86.8 Å². The number of carbonyl (C=O) groups is 2. The van der Waals surface area contributed by atoms with Gasteiger partial charge in [0, 0.05) is 28.6 Å². The van der Waals surface area contributed by atoms with Gasteiger partial charge in [-0.2, -0.15) is 0 Å². The predicted octanol–water partition coefficient (Wildman–Crippen LogP) is 2.76. The molecule has 2 aromatic rings. The summed E-state index contributed by atoms with van der Waals surface area (Å²) in [5, 5.41) is 2.66. The Morgan fingerprint density at radius 1 is 1.25 bits per heavy atom. The number of hydrogen-bond donors (Lipinski definition) is 1. The number of nitrogens with zero attached hydrogens (tertiary/aromatic N) is 1. The van der Waals surface area contributed by atoms with Crippen molar-refractivity contribution in [1.82, 2.24) is 4.98 Å². The van der Waals surface area contributed by atoms with Crippen LogP contribution >= 0.6 is 15.9 Å². The van der Waals surface area contributed by atoms with E-state index in [1.807, 2.05) is 0 Å². The zero-order valence-electron chi connectivity index (χ0n) is 12.6. The van der Waals surface area contributed by atoms with E-state index < -0.39 is 18.0 Å². The van der Waals surface area contributed by atoms with E-state index in [1.54, 1.807) is 30.5 Å². The van der Waals surface area contributed by atoms with Crippen LogP contribution in [0.15, 0.2) is 41.1 Å². The summed E-state index contributed by atoms with van der Waals surface area (Å²) in [6, 6.07) is 6.59. The lowest BCUT2D eigenvalue weighted by molar-refractivity contribution is -0.123. The zero-order valence-corrected chi connectivity index (χ0v) is 14.2. The molecule has 0 saturated carbocycles. The summed E-state index contributed by atoms with van der Waals surface area (Å²) in [5.74, 6) is 0.0922. The minimum atomic E-state index is -0.970. The maximum atomic E-state index is 12.2. The first-order valence-electron chi connectivity index (χ1n) is 7.05. The van der Waals surface area contributed by atoms with Crippen molar-refractivity contribution >= 4 is 33.5 Å². The number of fused-ring (bicyclic) bond motifs is 1. The van der Waals surface area contributed by atoms with Crippen LogP contribution in [0, 0.1) is 0 Å². The SMILES string of the molecule is C[C@@H](OC(=O)c1cncc(Br)c1)C(=O)Nc1ccc2c(c1)OCO2. The molecular weight excluding hydrogens is 380 g/mol. The second-order valence-corrected chi connectivity index (χ2v) is 5.91. The van der Waals surface area contributed by atoms with Crippen LogP contribution in [0.1, 0.15) is 17.3 Å². The summed E-state index contributed by atoms with van der Waals surface area (Å²) in [6.45, 7) is 1.65. The van der Waals surface area contributed by atoms with Crippen LogP contribution in [0.3, 0.4) is 0 Å². The molecule has 1 amide bonds. The lowest BCUT2D eigenvalue weighted by atomic mass is 10.2. The fourth-order valence-electron chi connectivity index (χ4n) is 2.02. The number of ether oxygens (including phenoxy) is 3. The molecule has 0 fully saturated rings. The van der Waals surface area contributed by atoms with Gasteiger partial charge >= 0.3 is 5.97 Å². The molecule has 0 radical (unpaired) electrons. The van der Waals surface area contributed by atoms with Crippen LogP contribution in [0.5, 0.6) is 11.5 Å². The predicted molar refractivity (Wildman–Crippen MR) is 88.0 cm³/mol. The Kier molecular flexibility index (Phi) is 4.66. The molecule has 1 atom stereocenters. The van der Waals surface area contributed by atoms with Gasteiger partial charge in [-0.05, 0) is 41.1 Å². The fourth-order valence-corrected chi connectivity index (χ4v) is 2.39. The van der Waals surface area contributed by atoms with E-state index in [9.17, 15) is 9.59 Å². The second kappa shape index (κ2) is 6.88. The molecule has 3 rings (SSSR count). The van der Waals surface area contributed by atoms with E-state index in [1.165, 1.54) is 13.1 Å². The molecule has 0 spiro atoms. The van der Waals surface area contributed by atoms with Gasteiger partial charge in [0.2, 0.25) is 6.79 Å². The van der Waals surface area contributed by atoms with Crippen LogP contribution in [0.25, 0.3) is 0 Å². The summed E-state index contributed by atoms with van der Waals surface area (Å²) in [5.41, 5.74) is 0.781. The van der Waals surface area contributed by atoms with E-state index in [4.69, 9.17) is 14.2 Å². The summed E-state index contributed by atoms with van der Waals surface area (Å²) in [4.78, 5) is 28.1. The number of anilines is 1. The van der Waals surface area contributed by atoms with Crippen molar-refractivity contribution in [2.75, 3.05) is 12.1 Å². The number of esters is 1. The number of amides is 1. The van der Waals surface area contributed by atoms with Crippen molar-refractivity contribution in [2.45, 2.75) is 13.0 Å². The Morgan fingerprint density at radius 3 is 2.83 bits per heavy atom. The van der Waals surface area contributed by atoms with Gasteiger partial charge in [-0.25, -0.2) is 4.79 Å². The van der Waals surface area contributed by atoms with Crippen molar-refractivity contribution in [2.24, 2.45) is 0 Å². The molecule has 124 valence electrons. The molecule has 8 heteroatoms. The largest absolute Gasteiger partial charge is 0.454 e. The van der Waals surface area contributed by atoms with Crippen LogP contribution in [-0.4, -0.2) is 29.8 Å². The fraction of sp³-hybridized carbons (Fsp3) is 0.188. The van der Waals surface area contributed by atoms with Gasteiger partial charge in [-0.1, -0.05) is 0 Å². The quantitative estimate of drug-likeness (QED) is 0.804. The molecule has 7 nitrogen and oxygen atoms in total. The van der Waals surface area contributed by atoms with Gasteiger partial charge in [0.25, 0.3) is 5.91 Å². The maximum absolute atomic E-state index is 12.2. The van der Waals surface area contributed by atoms with Gasteiger partial charge < -0.3 is 19.5 Å². The minimum Gasteiger partial charge on any atom is -0.454 e. The van der Waals surface area contributed by atoms with Gasteiger partial charge in [0.15, 0.2) is 17.6 Å². The maximum Gasteiger partial charge on any atom is 0.340 e. The van der Waals surface area contributed by atoms with Crippen molar-refractivity contribution in [3.05, 3.63) is 46.7 Å². The van der Waals surface area contributed by atoms with E-state index in [2.05, 4.69) is 26.2 Å². The Morgan fingerprint density at radius 2 is 2.04 bits per heavy atom. The van der Waals surface area contributed by atoms with Gasteiger partial charge in [0.1, 0.15) is 0 Å². The highest BCUT2D eigenvalue weighted by atomic mass is 79.9. The number of halogens is 1. The van der Waals surface area contributed by atoms with Crippen LogP contribution < -0.4 is 14.8 Å². The third kappa shape index (κ3) is 3.65. The first-order valence-corrected chi connectivity index (χ1v) is 7.84. The van der Waals surface area contributed by atoms with Crippen LogP contribution in [0.4, 0.5) is 5.69 Å². The Labute approximate surface area is 146 Å². The average molecular weight is 393 g/mol. The molecule has 0 saturated heterocycles. The summed E-state index contributed by atoms with van der Waals surface area (Å²) >= 11 is 3.22. The molecule has 1 aliphatic rings. The van der Waals surface area contributed by atoms with Gasteiger partial charge in [-0.15, -0.1) is 0 Å². The van der Waals surface area contributed by atoms with Crippen LogP contribution in [0.2, 0.25) is 0 Å². The zero-order chi connectivity index (χ0) is 17.1. The van der Waals surface area contributed by atoms with Gasteiger partial charge in [-0.3, -0.25) is 9.78 Å². The third-order valence-corrected chi connectivity index (χ3v) is 3.67. The Balaban J connectivity index is 1.61. The number of carbonyl (C=O) groups excluding carboxylic acids is 2. The molecule has 1 N–H and O–H groups in total. The second-order valence-electron chi connectivity index (χ2n) is 5.00. The van der Waals surface area contributed by atoms with Crippen molar-refractivity contribution in [1.29, 1.82) is 0 Å². The molecule has 1 aromatic carbocycles. The lowest BCUT2D eigenvalue weighted by Crippen LogP contribution is -2.30. The number of rotatable bonds is 4. The molecule has 1 aromatic heterocycles. The smallest absolute Gasteiger partial charge is 0.340 e. The molecule has 0 bridgehead atoms. The van der Waals surface area contributed by atoms with Crippen LogP contribution in [-0.2, 0) is 9.53 Å².